The van der Waals surface area contributed by atoms with E-state index in [2.05, 4.69) is 5.32 Å². The number of nitrogens with zero attached hydrogens (tertiary/aromatic N) is 1. The summed E-state index contributed by atoms with van der Waals surface area (Å²) < 4.78 is 16.8. The van der Waals surface area contributed by atoms with Crippen LogP contribution in [0.3, 0.4) is 0 Å². The first kappa shape index (κ1) is 18.2. The summed E-state index contributed by atoms with van der Waals surface area (Å²) in [5.74, 6) is 1.66. The summed E-state index contributed by atoms with van der Waals surface area (Å²) in [4.78, 5) is 26.2. The predicted molar refractivity (Wildman–Crippen MR) is 104 cm³/mol. The van der Waals surface area contributed by atoms with Gasteiger partial charge in [0.1, 0.15) is 19.0 Å². The molecule has 0 saturated carbocycles. The molecule has 0 spiro atoms. The van der Waals surface area contributed by atoms with Crippen molar-refractivity contribution in [2.75, 3.05) is 30.0 Å². The third-order valence-electron chi connectivity index (χ3n) is 4.69. The topological polar surface area (TPSA) is 77.1 Å². The average Bonchev–Trinajstić information content (AvgIpc) is 3.14. The Morgan fingerprint density at radius 3 is 2.75 bits per heavy atom. The molecule has 2 aliphatic rings. The zero-order chi connectivity index (χ0) is 19.5. The van der Waals surface area contributed by atoms with E-state index in [1.807, 2.05) is 12.1 Å². The number of carbonyl (C=O) groups is 2. The van der Waals surface area contributed by atoms with Crippen LogP contribution in [0.25, 0.3) is 0 Å². The van der Waals surface area contributed by atoms with E-state index in [9.17, 15) is 9.59 Å². The van der Waals surface area contributed by atoms with Gasteiger partial charge in [-0.2, -0.15) is 0 Å². The molecule has 0 radical (unpaired) electrons. The average molecular weight is 382 g/mol. The van der Waals surface area contributed by atoms with Gasteiger partial charge in [0.15, 0.2) is 17.6 Å². The van der Waals surface area contributed by atoms with E-state index >= 15 is 0 Å². The highest BCUT2D eigenvalue weighted by Crippen LogP contribution is 2.32. The molecule has 1 saturated heterocycles. The third-order valence-corrected chi connectivity index (χ3v) is 4.69. The van der Waals surface area contributed by atoms with Gasteiger partial charge in [0.05, 0.1) is 0 Å². The minimum absolute atomic E-state index is 0.113. The number of ether oxygens (including phenoxy) is 3. The van der Waals surface area contributed by atoms with Crippen LogP contribution in [0.4, 0.5) is 11.4 Å². The quantitative estimate of drug-likeness (QED) is 0.860. The fourth-order valence-electron chi connectivity index (χ4n) is 3.27. The van der Waals surface area contributed by atoms with E-state index < -0.39 is 6.10 Å². The molecule has 146 valence electrons. The van der Waals surface area contributed by atoms with Crippen LogP contribution in [0.1, 0.15) is 19.8 Å². The summed E-state index contributed by atoms with van der Waals surface area (Å²) in [5.41, 5.74) is 1.40. The lowest BCUT2D eigenvalue weighted by Crippen LogP contribution is -2.30. The standard InChI is InChI=1S/C21H22N2O5/c1-14(21(25)22-15-7-8-18-19(12-15)27-11-10-26-18)28-17-5-2-4-16(13-17)23-9-3-6-20(23)24/h2,4-5,7-8,12-14H,3,6,9-11H2,1H3,(H,22,25)/t14-/m1/s1. The fraction of sp³-hybridized carbons (Fsp3) is 0.333. The molecule has 28 heavy (non-hydrogen) atoms. The summed E-state index contributed by atoms with van der Waals surface area (Å²) in [6.45, 7) is 3.40. The van der Waals surface area contributed by atoms with Crippen LogP contribution in [0.2, 0.25) is 0 Å². The first-order chi connectivity index (χ1) is 13.6. The number of hydrogen-bond donors (Lipinski definition) is 1. The maximum atomic E-state index is 12.5. The van der Waals surface area contributed by atoms with Crippen LogP contribution < -0.4 is 24.4 Å². The molecule has 1 atom stereocenters. The molecular formula is C21H22N2O5. The van der Waals surface area contributed by atoms with Gasteiger partial charge in [-0.05, 0) is 37.6 Å². The van der Waals surface area contributed by atoms with Crippen molar-refractivity contribution in [3.63, 3.8) is 0 Å². The molecular weight excluding hydrogens is 360 g/mol. The van der Waals surface area contributed by atoms with Gasteiger partial charge in [-0.15, -0.1) is 0 Å². The van der Waals surface area contributed by atoms with Crippen molar-refractivity contribution in [1.82, 2.24) is 0 Å². The second-order valence-electron chi connectivity index (χ2n) is 6.75. The van der Waals surface area contributed by atoms with Gasteiger partial charge in [-0.1, -0.05) is 6.07 Å². The molecule has 1 N–H and O–H groups in total. The van der Waals surface area contributed by atoms with E-state index in [0.717, 1.165) is 12.1 Å². The van der Waals surface area contributed by atoms with Gasteiger partial charge in [0.25, 0.3) is 5.91 Å². The van der Waals surface area contributed by atoms with Crippen LogP contribution in [-0.4, -0.2) is 37.7 Å². The van der Waals surface area contributed by atoms with Crippen molar-refractivity contribution in [2.24, 2.45) is 0 Å². The van der Waals surface area contributed by atoms with Gasteiger partial charge >= 0.3 is 0 Å². The van der Waals surface area contributed by atoms with E-state index in [0.29, 0.717) is 49.1 Å². The van der Waals surface area contributed by atoms with Crippen LogP contribution in [0.5, 0.6) is 17.2 Å². The molecule has 2 aromatic rings. The first-order valence-corrected chi connectivity index (χ1v) is 9.38. The molecule has 0 aromatic heterocycles. The Morgan fingerprint density at radius 1 is 1.14 bits per heavy atom. The summed E-state index contributed by atoms with van der Waals surface area (Å²) in [7, 11) is 0. The monoisotopic (exact) mass is 382 g/mol. The molecule has 2 amide bonds. The molecule has 0 unspecified atom stereocenters. The lowest BCUT2D eigenvalue weighted by atomic mass is 10.2. The maximum absolute atomic E-state index is 12.5. The molecule has 7 heteroatoms. The van der Waals surface area contributed by atoms with Gasteiger partial charge in [-0.25, -0.2) is 0 Å². The Hall–Kier alpha value is -3.22. The van der Waals surface area contributed by atoms with E-state index in [-0.39, 0.29) is 11.8 Å². The SMILES string of the molecule is C[C@@H](Oc1cccc(N2CCCC2=O)c1)C(=O)Nc1ccc2c(c1)OCCO2. The molecule has 4 rings (SSSR count). The summed E-state index contributed by atoms with van der Waals surface area (Å²) >= 11 is 0. The van der Waals surface area contributed by atoms with Crippen molar-refractivity contribution in [3.05, 3.63) is 42.5 Å². The molecule has 2 heterocycles. The molecule has 0 aliphatic carbocycles. The van der Waals surface area contributed by atoms with Gasteiger partial charge in [0, 0.05) is 36.5 Å². The summed E-state index contributed by atoms with van der Waals surface area (Å²) in [5, 5.41) is 2.82. The molecule has 0 bridgehead atoms. The van der Waals surface area contributed by atoms with Gasteiger partial charge < -0.3 is 24.4 Å². The number of benzene rings is 2. The summed E-state index contributed by atoms with van der Waals surface area (Å²) in [6, 6.07) is 12.5. The molecule has 2 aliphatic heterocycles. The van der Waals surface area contributed by atoms with E-state index in [4.69, 9.17) is 14.2 Å². The smallest absolute Gasteiger partial charge is 0.265 e. The number of amides is 2. The van der Waals surface area contributed by atoms with Crippen LogP contribution in [-0.2, 0) is 9.59 Å². The summed E-state index contributed by atoms with van der Waals surface area (Å²) in [6.07, 6.45) is 0.718. The third kappa shape index (κ3) is 3.88. The van der Waals surface area contributed by atoms with Gasteiger partial charge in [0.2, 0.25) is 5.91 Å². The van der Waals surface area contributed by atoms with Crippen molar-refractivity contribution in [3.8, 4) is 17.2 Å². The van der Waals surface area contributed by atoms with Crippen LogP contribution >= 0.6 is 0 Å². The van der Waals surface area contributed by atoms with Crippen molar-refractivity contribution in [1.29, 1.82) is 0 Å². The molecule has 7 nitrogen and oxygen atoms in total. The van der Waals surface area contributed by atoms with Crippen LogP contribution in [0, 0.1) is 0 Å². The first-order valence-electron chi connectivity index (χ1n) is 9.38. The second-order valence-corrected chi connectivity index (χ2v) is 6.75. The Morgan fingerprint density at radius 2 is 1.96 bits per heavy atom. The molecule has 2 aromatic carbocycles. The largest absolute Gasteiger partial charge is 0.486 e. The lowest BCUT2D eigenvalue weighted by molar-refractivity contribution is -0.122. The normalized spacial score (nSPS) is 16.6. The number of fused-ring (bicyclic) bond motifs is 1. The highest BCUT2D eigenvalue weighted by molar-refractivity contribution is 5.96. The fourth-order valence-corrected chi connectivity index (χ4v) is 3.27. The van der Waals surface area contributed by atoms with Crippen molar-refractivity contribution < 1.29 is 23.8 Å². The van der Waals surface area contributed by atoms with E-state index in [1.165, 1.54) is 0 Å². The highest BCUT2D eigenvalue weighted by atomic mass is 16.6. The number of rotatable bonds is 5. The molecule has 1 fully saturated rings. The number of anilines is 2. The Kier molecular flexibility index (Phi) is 5.06. The maximum Gasteiger partial charge on any atom is 0.265 e. The number of carbonyl (C=O) groups excluding carboxylic acids is 2. The lowest BCUT2D eigenvalue weighted by Gasteiger charge is -2.20. The number of nitrogens with one attached hydrogen (secondary N) is 1. The Labute approximate surface area is 163 Å². The van der Waals surface area contributed by atoms with Gasteiger partial charge in [-0.3, -0.25) is 9.59 Å². The number of hydrogen-bond acceptors (Lipinski definition) is 5. The van der Waals surface area contributed by atoms with Crippen LogP contribution in [0.15, 0.2) is 42.5 Å². The minimum Gasteiger partial charge on any atom is -0.486 e. The Bertz CT molecular complexity index is 898. The zero-order valence-corrected chi connectivity index (χ0v) is 15.6. The second kappa shape index (κ2) is 7.80. The van der Waals surface area contributed by atoms with Crippen molar-refractivity contribution >= 4 is 23.2 Å². The minimum atomic E-state index is -0.710. The highest BCUT2D eigenvalue weighted by Gasteiger charge is 2.22. The predicted octanol–water partition coefficient (Wildman–Crippen LogP) is 2.99. The zero-order valence-electron chi connectivity index (χ0n) is 15.6. The van der Waals surface area contributed by atoms with E-state index in [1.54, 1.807) is 42.2 Å². The Balaban J connectivity index is 1.40. The van der Waals surface area contributed by atoms with Crippen molar-refractivity contribution in [2.45, 2.75) is 25.9 Å².